The van der Waals surface area contributed by atoms with Crippen LogP contribution in [0.5, 0.6) is 5.75 Å². The molecule has 5 heteroatoms. The third kappa shape index (κ3) is 2.11. The van der Waals surface area contributed by atoms with Crippen LogP contribution in [0, 0.1) is 11.6 Å². The topological polar surface area (TPSA) is 41.5 Å². The molecule has 1 aromatic carbocycles. The minimum absolute atomic E-state index is 0.211. The average Bonchev–Trinajstić information content (AvgIpc) is 2.72. The highest BCUT2D eigenvalue weighted by molar-refractivity contribution is 5.40. The van der Waals surface area contributed by atoms with Crippen molar-refractivity contribution in [1.29, 1.82) is 0 Å². The molecule has 2 saturated heterocycles. The van der Waals surface area contributed by atoms with Gasteiger partial charge in [0.15, 0.2) is 11.6 Å². The summed E-state index contributed by atoms with van der Waals surface area (Å²) in [5.74, 6) is -1.70. The fraction of sp³-hybridized carbons (Fsp3) is 0.571. The highest BCUT2D eigenvalue weighted by atomic mass is 19.2. The number of nitrogens with one attached hydrogen (secondary N) is 1. The lowest BCUT2D eigenvalue weighted by Crippen LogP contribution is -2.46. The van der Waals surface area contributed by atoms with Gasteiger partial charge in [-0.3, -0.25) is 0 Å². The SMILES string of the molecule is COc1cc(F)c(F)cc1C1(O)CC2CCC(C1)N2. The third-order valence-corrected chi connectivity index (χ3v) is 4.25. The number of rotatable bonds is 2. The lowest BCUT2D eigenvalue weighted by Gasteiger charge is -2.38. The van der Waals surface area contributed by atoms with Crippen LogP contribution in [0.3, 0.4) is 0 Å². The molecule has 0 saturated carbocycles. The largest absolute Gasteiger partial charge is 0.496 e. The fourth-order valence-electron chi connectivity index (χ4n) is 3.40. The van der Waals surface area contributed by atoms with Crippen LogP contribution >= 0.6 is 0 Å². The Labute approximate surface area is 110 Å². The van der Waals surface area contributed by atoms with Gasteiger partial charge in [0.1, 0.15) is 5.75 Å². The van der Waals surface area contributed by atoms with Crippen LogP contribution in [-0.2, 0) is 5.60 Å². The summed E-state index contributed by atoms with van der Waals surface area (Å²) in [5.41, 5.74) is -0.788. The van der Waals surface area contributed by atoms with Crippen molar-refractivity contribution in [2.24, 2.45) is 0 Å². The maximum Gasteiger partial charge on any atom is 0.162 e. The maximum absolute atomic E-state index is 13.5. The van der Waals surface area contributed by atoms with E-state index in [4.69, 9.17) is 4.74 Å². The van der Waals surface area contributed by atoms with Gasteiger partial charge in [-0.25, -0.2) is 8.78 Å². The quantitative estimate of drug-likeness (QED) is 0.863. The first-order valence-electron chi connectivity index (χ1n) is 6.54. The van der Waals surface area contributed by atoms with Crippen molar-refractivity contribution in [3.8, 4) is 5.75 Å². The van der Waals surface area contributed by atoms with Crippen LogP contribution in [0.4, 0.5) is 8.78 Å². The zero-order valence-electron chi connectivity index (χ0n) is 10.7. The highest BCUT2D eigenvalue weighted by Crippen LogP contribution is 2.44. The zero-order valence-corrected chi connectivity index (χ0v) is 10.7. The van der Waals surface area contributed by atoms with Gasteiger partial charge in [0.2, 0.25) is 0 Å². The Hall–Kier alpha value is -1.20. The molecule has 2 aliphatic heterocycles. The van der Waals surface area contributed by atoms with E-state index in [0.717, 1.165) is 25.0 Å². The number of fused-ring (bicyclic) bond motifs is 2. The summed E-state index contributed by atoms with van der Waals surface area (Å²) in [6.07, 6.45) is 3.04. The second-order valence-corrected chi connectivity index (χ2v) is 5.54. The molecule has 0 amide bonds. The molecule has 0 spiro atoms. The molecule has 2 aliphatic rings. The van der Waals surface area contributed by atoms with Crippen LogP contribution in [-0.4, -0.2) is 24.3 Å². The molecule has 2 fully saturated rings. The number of aliphatic hydroxyl groups is 1. The Morgan fingerprint density at radius 3 is 2.37 bits per heavy atom. The molecule has 0 aromatic heterocycles. The van der Waals surface area contributed by atoms with Crippen molar-refractivity contribution >= 4 is 0 Å². The Morgan fingerprint density at radius 2 is 1.79 bits per heavy atom. The molecule has 1 aromatic rings. The Bertz CT molecular complexity index is 494. The number of benzene rings is 1. The number of ether oxygens (including phenoxy) is 1. The average molecular weight is 269 g/mol. The summed E-state index contributed by atoms with van der Waals surface area (Å²) in [7, 11) is 1.40. The Balaban J connectivity index is 2.03. The summed E-state index contributed by atoms with van der Waals surface area (Å²) < 4.78 is 31.8. The van der Waals surface area contributed by atoms with Crippen molar-refractivity contribution in [3.05, 3.63) is 29.3 Å². The second kappa shape index (κ2) is 4.42. The number of hydrogen-bond acceptors (Lipinski definition) is 3. The van der Waals surface area contributed by atoms with Gasteiger partial charge in [0, 0.05) is 23.7 Å². The van der Waals surface area contributed by atoms with Gasteiger partial charge in [-0.2, -0.15) is 0 Å². The van der Waals surface area contributed by atoms with Crippen molar-refractivity contribution < 1.29 is 18.6 Å². The Kier molecular flexibility index (Phi) is 2.98. The van der Waals surface area contributed by atoms with E-state index in [1.165, 1.54) is 7.11 Å². The molecular weight excluding hydrogens is 252 g/mol. The molecule has 0 aliphatic carbocycles. The first-order valence-corrected chi connectivity index (χ1v) is 6.54. The lowest BCUT2D eigenvalue weighted by molar-refractivity contribution is -0.0136. The van der Waals surface area contributed by atoms with Gasteiger partial charge >= 0.3 is 0 Å². The van der Waals surface area contributed by atoms with Crippen LogP contribution < -0.4 is 10.1 Å². The first kappa shape index (κ1) is 12.8. The van der Waals surface area contributed by atoms with Gasteiger partial charge in [-0.05, 0) is 31.7 Å². The lowest BCUT2D eigenvalue weighted by atomic mass is 9.81. The molecule has 19 heavy (non-hydrogen) atoms. The molecule has 2 unspecified atom stereocenters. The van der Waals surface area contributed by atoms with Crippen LogP contribution in [0.1, 0.15) is 31.2 Å². The van der Waals surface area contributed by atoms with E-state index in [2.05, 4.69) is 5.32 Å². The maximum atomic E-state index is 13.5. The number of halogens is 2. The molecular formula is C14H17F2NO2. The zero-order chi connectivity index (χ0) is 13.6. The van der Waals surface area contributed by atoms with Gasteiger partial charge < -0.3 is 15.2 Å². The number of methoxy groups -OCH3 is 1. The monoisotopic (exact) mass is 269 g/mol. The van der Waals surface area contributed by atoms with Crippen LogP contribution in [0.25, 0.3) is 0 Å². The molecule has 3 rings (SSSR count). The molecule has 2 bridgehead atoms. The predicted molar refractivity (Wildman–Crippen MR) is 66.0 cm³/mol. The van der Waals surface area contributed by atoms with E-state index in [1.54, 1.807) is 0 Å². The normalized spacial score (nSPS) is 33.5. The molecule has 2 N–H and O–H groups in total. The molecule has 0 radical (unpaired) electrons. The molecule has 3 nitrogen and oxygen atoms in total. The number of piperidine rings is 1. The van der Waals surface area contributed by atoms with E-state index in [0.29, 0.717) is 18.4 Å². The van der Waals surface area contributed by atoms with Crippen molar-refractivity contribution in [3.63, 3.8) is 0 Å². The smallest absolute Gasteiger partial charge is 0.162 e. The second-order valence-electron chi connectivity index (χ2n) is 5.54. The van der Waals surface area contributed by atoms with Gasteiger partial charge in [0.25, 0.3) is 0 Å². The molecule has 2 heterocycles. The Morgan fingerprint density at radius 1 is 1.21 bits per heavy atom. The summed E-state index contributed by atoms with van der Waals surface area (Å²) in [6.45, 7) is 0. The molecule has 104 valence electrons. The fourth-order valence-corrected chi connectivity index (χ4v) is 3.40. The van der Waals surface area contributed by atoms with E-state index < -0.39 is 17.2 Å². The van der Waals surface area contributed by atoms with E-state index in [9.17, 15) is 13.9 Å². The van der Waals surface area contributed by atoms with Crippen LogP contribution in [0.15, 0.2) is 12.1 Å². The first-order chi connectivity index (χ1) is 9.01. The van der Waals surface area contributed by atoms with Crippen molar-refractivity contribution in [2.45, 2.75) is 43.4 Å². The van der Waals surface area contributed by atoms with E-state index in [-0.39, 0.29) is 17.8 Å². The van der Waals surface area contributed by atoms with Crippen molar-refractivity contribution in [1.82, 2.24) is 5.32 Å². The van der Waals surface area contributed by atoms with Gasteiger partial charge in [-0.15, -0.1) is 0 Å². The molecule has 2 atom stereocenters. The predicted octanol–water partition coefficient (Wildman–Crippen LogP) is 2.08. The van der Waals surface area contributed by atoms with Gasteiger partial charge in [-0.1, -0.05) is 0 Å². The minimum atomic E-state index is -1.14. The third-order valence-electron chi connectivity index (χ3n) is 4.25. The summed E-state index contributed by atoms with van der Waals surface area (Å²) in [4.78, 5) is 0. The summed E-state index contributed by atoms with van der Waals surface area (Å²) in [5, 5.41) is 14.3. The number of hydrogen-bond donors (Lipinski definition) is 2. The van der Waals surface area contributed by atoms with Gasteiger partial charge in [0.05, 0.1) is 12.7 Å². The summed E-state index contributed by atoms with van der Waals surface area (Å²) >= 11 is 0. The van der Waals surface area contributed by atoms with E-state index >= 15 is 0 Å². The highest BCUT2D eigenvalue weighted by Gasteiger charge is 2.45. The summed E-state index contributed by atoms with van der Waals surface area (Å²) in [6, 6.07) is 2.55. The van der Waals surface area contributed by atoms with Crippen LogP contribution in [0.2, 0.25) is 0 Å². The standard InChI is InChI=1S/C14H17F2NO2/c1-19-13-5-12(16)11(15)4-10(13)14(18)6-8-2-3-9(7-14)17-8/h4-5,8-9,17-18H,2-3,6-7H2,1H3. The van der Waals surface area contributed by atoms with Crippen molar-refractivity contribution in [2.75, 3.05) is 7.11 Å². The van der Waals surface area contributed by atoms with E-state index in [1.807, 2.05) is 0 Å². The minimum Gasteiger partial charge on any atom is -0.496 e.